The molecule has 110 valence electrons. The van der Waals surface area contributed by atoms with Gasteiger partial charge in [-0.3, -0.25) is 4.79 Å². The average Bonchev–Trinajstić information content (AvgIpc) is 3.07. The van der Waals surface area contributed by atoms with Gasteiger partial charge in [-0.05, 0) is 24.3 Å². The Hall–Kier alpha value is -1.92. The minimum atomic E-state index is 0.0457. The van der Waals surface area contributed by atoms with Crippen LogP contribution in [0.2, 0.25) is 0 Å². The SMILES string of the molecule is O=C(c1ccc(OCc2cscn2)cc1)N1CCOCC1. The van der Waals surface area contributed by atoms with E-state index in [2.05, 4.69) is 4.98 Å². The van der Waals surface area contributed by atoms with E-state index in [0.29, 0.717) is 38.5 Å². The van der Waals surface area contributed by atoms with Crippen LogP contribution in [0.3, 0.4) is 0 Å². The molecule has 1 aliphatic heterocycles. The zero-order chi connectivity index (χ0) is 14.5. The smallest absolute Gasteiger partial charge is 0.254 e. The lowest BCUT2D eigenvalue weighted by Crippen LogP contribution is -2.40. The molecular formula is C15H16N2O3S. The Labute approximate surface area is 127 Å². The molecule has 1 aromatic carbocycles. The molecule has 6 heteroatoms. The van der Waals surface area contributed by atoms with E-state index in [0.717, 1.165) is 11.4 Å². The third-order valence-electron chi connectivity index (χ3n) is 3.27. The second-order valence-corrected chi connectivity index (χ2v) is 5.42. The van der Waals surface area contributed by atoms with E-state index in [1.165, 1.54) is 0 Å². The van der Waals surface area contributed by atoms with E-state index in [4.69, 9.17) is 9.47 Å². The fourth-order valence-electron chi connectivity index (χ4n) is 2.11. The molecule has 1 amide bonds. The van der Waals surface area contributed by atoms with Crippen molar-refractivity contribution >= 4 is 17.2 Å². The van der Waals surface area contributed by atoms with Crippen molar-refractivity contribution in [2.24, 2.45) is 0 Å². The molecule has 1 aromatic heterocycles. The topological polar surface area (TPSA) is 51.7 Å². The number of rotatable bonds is 4. The van der Waals surface area contributed by atoms with Crippen LogP contribution in [0.15, 0.2) is 35.2 Å². The third kappa shape index (κ3) is 3.59. The fraction of sp³-hybridized carbons (Fsp3) is 0.333. The van der Waals surface area contributed by atoms with Gasteiger partial charge in [0.15, 0.2) is 0 Å². The summed E-state index contributed by atoms with van der Waals surface area (Å²) in [6.07, 6.45) is 0. The number of morpholine rings is 1. The molecule has 0 bridgehead atoms. The predicted molar refractivity (Wildman–Crippen MR) is 79.6 cm³/mol. The Kier molecular flexibility index (Phi) is 4.47. The number of nitrogens with zero attached hydrogens (tertiary/aromatic N) is 2. The molecule has 1 fully saturated rings. The van der Waals surface area contributed by atoms with E-state index < -0.39 is 0 Å². The van der Waals surface area contributed by atoms with E-state index in [-0.39, 0.29) is 5.91 Å². The normalized spacial score (nSPS) is 15.0. The van der Waals surface area contributed by atoms with Gasteiger partial charge >= 0.3 is 0 Å². The molecule has 0 radical (unpaired) electrons. The highest BCUT2D eigenvalue weighted by atomic mass is 32.1. The summed E-state index contributed by atoms with van der Waals surface area (Å²) in [4.78, 5) is 18.2. The molecular weight excluding hydrogens is 288 g/mol. The first kappa shape index (κ1) is 14.0. The Bertz CT molecular complexity index is 577. The minimum Gasteiger partial charge on any atom is -0.487 e. The van der Waals surface area contributed by atoms with Crippen molar-refractivity contribution in [3.05, 3.63) is 46.4 Å². The summed E-state index contributed by atoms with van der Waals surface area (Å²) in [5.41, 5.74) is 3.37. The van der Waals surface area contributed by atoms with Crippen LogP contribution in [0.1, 0.15) is 16.1 Å². The Morgan fingerprint density at radius 3 is 2.71 bits per heavy atom. The van der Waals surface area contributed by atoms with Gasteiger partial charge in [-0.15, -0.1) is 11.3 Å². The molecule has 2 aromatic rings. The number of aromatic nitrogens is 1. The largest absolute Gasteiger partial charge is 0.487 e. The molecule has 0 N–H and O–H groups in total. The number of benzene rings is 1. The fourth-order valence-corrected chi connectivity index (χ4v) is 2.65. The Morgan fingerprint density at radius 1 is 1.29 bits per heavy atom. The highest BCUT2D eigenvalue weighted by Crippen LogP contribution is 2.16. The summed E-state index contributed by atoms with van der Waals surface area (Å²) in [5, 5.41) is 1.95. The van der Waals surface area contributed by atoms with Gasteiger partial charge in [0.25, 0.3) is 5.91 Å². The van der Waals surface area contributed by atoms with Crippen LogP contribution in [0.25, 0.3) is 0 Å². The van der Waals surface area contributed by atoms with Crippen molar-refractivity contribution in [1.82, 2.24) is 9.88 Å². The van der Waals surface area contributed by atoms with Gasteiger partial charge in [0.1, 0.15) is 12.4 Å². The first-order valence-corrected chi connectivity index (χ1v) is 7.74. The summed E-state index contributed by atoms with van der Waals surface area (Å²) in [6, 6.07) is 7.24. The summed E-state index contributed by atoms with van der Waals surface area (Å²) in [6.45, 7) is 2.98. The number of carbonyl (C=O) groups is 1. The second kappa shape index (κ2) is 6.69. The van der Waals surface area contributed by atoms with E-state index in [1.54, 1.807) is 29.0 Å². The first-order chi connectivity index (χ1) is 10.3. The van der Waals surface area contributed by atoms with Crippen molar-refractivity contribution in [3.8, 4) is 5.75 Å². The van der Waals surface area contributed by atoms with Gasteiger partial charge in [-0.1, -0.05) is 0 Å². The number of hydrogen-bond donors (Lipinski definition) is 0. The van der Waals surface area contributed by atoms with Crippen LogP contribution in [0.4, 0.5) is 0 Å². The quantitative estimate of drug-likeness (QED) is 0.869. The maximum atomic E-state index is 12.3. The molecule has 0 atom stereocenters. The zero-order valence-electron chi connectivity index (χ0n) is 11.5. The van der Waals surface area contributed by atoms with Gasteiger partial charge in [0.05, 0.1) is 24.4 Å². The van der Waals surface area contributed by atoms with Crippen LogP contribution >= 0.6 is 11.3 Å². The molecule has 21 heavy (non-hydrogen) atoms. The molecule has 0 unspecified atom stereocenters. The molecule has 0 aliphatic carbocycles. The van der Waals surface area contributed by atoms with Crippen molar-refractivity contribution in [2.45, 2.75) is 6.61 Å². The Morgan fingerprint density at radius 2 is 2.05 bits per heavy atom. The zero-order valence-corrected chi connectivity index (χ0v) is 12.3. The molecule has 0 saturated carbocycles. The molecule has 2 heterocycles. The average molecular weight is 304 g/mol. The summed E-state index contributed by atoms with van der Waals surface area (Å²) >= 11 is 1.55. The van der Waals surface area contributed by atoms with Crippen LogP contribution < -0.4 is 4.74 Å². The van der Waals surface area contributed by atoms with Crippen LogP contribution in [0, 0.1) is 0 Å². The molecule has 1 saturated heterocycles. The molecule has 0 spiro atoms. The maximum Gasteiger partial charge on any atom is 0.254 e. The lowest BCUT2D eigenvalue weighted by molar-refractivity contribution is 0.0303. The molecule has 5 nitrogen and oxygen atoms in total. The Balaban J connectivity index is 1.59. The van der Waals surface area contributed by atoms with Crippen LogP contribution in [-0.4, -0.2) is 42.1 Å². The minimum absolute atomic E-state index is 0.0457. The monoisotopic (exact) mass is 304 g/mol. The van der Waals surface area contributed by atoms with Crippen molar-refractivity contribution in [2.75, 3.05) is 26.3 Å². The van der Waals surface area contributed by atoms with E-state index in [9.17, 15) is 4.79 Å². The molecule has 1 aliphatic rings. The predicted octanol–water partition coefficient (Wildman–Crippen LogP) is 2.19. The summed E-state index contributed by atoms with van der Waals surface area (Å²) in [5.74, 6) is 0.783. The number of ether oxygens (including phenoxy) is 2. The standard InChI is InChI=1S/C15H16N2O3S/c18-15(17-5-7-19-8-6-17)12-1-3-14(4-2-12)20-9-13-10-21-11-16-13/h1-4,10-11H,5-9H2. The second-order valence-electron chi connectivity index (χ2n) is 4.70. The molecule has 3 rings (SSSR count). The highest BCUT2D eigenvalue weighted by molar-refractivity contribution is 7.07. The van der Waals surface area contributed by atoms with Crippen molar-refractivity contribution in [1.29, 1.82) is 0 Å². The number of carbonyl (C=O) groups excluding carboxylic acids is 1. The van der Waals surface area contributed by atoms with Gasteiger partial charge in [0.2, 0.25) is 0 Å². The lowest BCUT2D eigenvalue weighted by atomic mass is 10.2. The van der Waals surface area contributed by atoms with E-state index in [1.807, 2.05) is 22.4 Å². The van der Waals surface area contributed by atoms with Crippen molar-refractivity contribution in [3.63, 3.8) is 0 Å². The van der Waals surface area contributed by atoms with Gasteiger partial charge in [-0.2, -0.15) is 0 Å². The van der Waals surface area contributed by atoms with Gasteiger partial charge < -0.3 is 14.4 Å². The number of amides is 1. The van der Waals surface area contributed by atoms with Gasteiger partial charge in [-0.25, -0.2) is 4.98 Å². The highest BCUT2D eigenvalue weighted by Gasteiger charge is 2.18. The summed E-state index contributed by atoms with van der Waals surface area (Å²) < 4.78 is 10.9. The van der Waals surface area contributed by atoms with Crippen LogP contribution in [0.5, 0.6) is 5.75 Å². The van der Waals surface area contributed by atoms with E-state index >= 15 is 0 Å². The van der Waals surface area contributed by atoms with Crippen molar-refractivity contribution < 1.29 is 14.3 Å². The summed E-state index contributed by atoms with van der Waals surface area (Å²) in [7, 11) is 0. The van der Waals surface area contributed by atoms with Crippen LogP contribution in [-0.2, 0) is 11.3 Å². The van der Waals surface area contributed by atoms with Gasteiger partial charge in [0, 0.05) is 24.0 Å². The number of hydrogen-bond acceptors (Lipinski definition) is 5. The third-order valence-corrected chi connectivity index (χ3v) is 3.91. The maximum absolute atomic E-state index is 12.3. The lowest BCUT2D eigenvalue weighted by Gasteiger charge is -2.26. The first-order valence-electron chi connectivity index (χ1n) is 6.80. The number of thiazole rings is 1.